The van der Waals surface area contributed by atoms with Crippen LogP contribution in [0.5, 0.6) is 0 Å². The van der Waals surface area contributed by atoms with E-state index in [1.54, 1.807) is 0 Å². The van der Waals surface area contributed by atoms with Crippen LogP contribution in [-0.2, 0) is 10.0 Å². The molecule has 138 valence electrons. The first-order valence-electron chi connectivity index (χ1n) is 7.82. The van der Waals surface area contributed by atoms with Crippen LogP contribution in [0.25, 0.3) is 11.4 Å². The molecule has 3 rings (SSSR count). The molecular formula is C18H15ClN4O3S. The predicted molar refractivity (Wildman–Crippen MR) is 103 cm³/mol. The molecule has 0 aliphatic rings. The zero-order valence-electron chi connectivity index (χ0n) is 14.2. The van der Waals surface area contributed by atoms with E-state index in [0.717, 1.165) is 5.56 Å². The number of sulfonamides is 1. The summed E-state index contributed by atoms with van der Waals surface area (Å²) in [6.45, 7) is 0. The molecule has 0 atom stereocenters. The SMILES string of the molecule is CNS(=O)(=O)c1ccc(Cl)c(C(=O)Nc2cnc(-c3ccccc3)nc2)c1. The Hall–Kier alpha value is -2.81. The number of carbonyl (C=O) groups is 1. The molecule has 2 N–H and O–H groups in total. The number of anilines is 1. The predicted octanol–water partition coefficient (Wildman–Crippen LogP) is 2.96. The summed E-state index contributed by atoms with van der Waals surface area (Å²) in [5, 5.41) is 2.74. The molecule has 0 aliphatic heterocycles. The van der Waals surface area contributed by atoms with Crippen molar-refractivity contribution in [2.75, 3.05) is 12.4 Å². The van der Waals surface area contributed by atoms with Gasteiger partial charge in [-0.05, 0) is 25.2 Å². The van der Waals surface area contributed by atoms with Gasteiger partial charge in [-0.1, -0.05) is 41.9 Å². The van der Waals surface area contributed by atoms with Gasteiger partial charge in [-0.15, -0.1) is 0 Å². The lowest BCUT2D eigenvalue weighted by Gasteiger charge is -2.09. The number of nitrogens with one attached hydrogen (secondary N) is 2. The fraction of sp³-hybridized carbons (Fsp3) is 0.0556. The van der Waals surface area contributed by atoms with Gasteiger partial charge in [-0.25, -0.2) is 23.1 Å². The summed E-state index contributed by atoms with van der Waals surface area (Å²) in [6, 6.07) is 13.3. The van der Waals surface area contributed by atoms with Gasteiger partial charge >= 0.3 is 0 Å². The second kappa shape index (κ2) is 7.83. The summed E-state index contributed by atoms with van der Waals surface area (Å²) in [6.07, 6.45) is 2.94. The third-order valence-electron chi connectivity index (χ3n) is 3.70. The van der Waals surface area contributed by atoms with Crippen LogP contribution >= 0.6 is 11.6 Å². The maximum Gasteiger partial charge on any atom is 0.257 e. The van der Waals surface area contributed by atoms with E-state index < -0.39 is 15.9 Å². The van der Waals surface area contributed by atoms with Crippen molar-refractivity contribution in [3.05, 3.63) is 71.5 Å². The second-order valence-corrected chi connectivity index (χ2v) is 7.76. The smallest absolute Gasteiger partial charge is 0.257 e. The Morgan fingerprint density at radius 2 is 1.70 bits per heavy atom. The molecule has 0 spiro atoms. The lowest BCUT2D eigenvalue weighted by atomic mass is 10.2. The van der Waals surface area contributed by atoms with Crippen LogP contribution in [-0.4, -0.2) is 31.3 Å². The largest absolute Gasteiger partial charge is 0.319 e. The maximum atomic E-state index is 12.5. The Morgan fingerprint density at radius 3 is 2.33 bits per heavy atom. The highest BCUT2D eigenvalue weighted by Gasteiger charge is 2.17. The molecule has 0 fully saturated rings. The van der Waals surface area contributed by atoms with Crippen molar-refractivity contribution in [2.24, 2.45) is 0 Å². The summed E-state index contributed by atoms with van der Waals surface area (Å²) in [4.78, 5) is 20.9. The van der Waals surface area contributed by atoms with Crippen LogP contribution in [0.15, 0.2) is 65.8 Å². The van der Waals surface area contributed by atoms with E-state index in [1.165, 1.54) is 37.6 Å². The molecule has 7 nitrogen and oxygen atoms in total. The van der Waals surface area contributed by atoms with Crippen LogP contribution in [0.4, 0.5) is 5.69 Å². The standard InChI is InChI=1S/C18H15ClN4O3S/c1-20-27(25,26)14-7-8-16(19)15(9-14)18(24)23-13-10-21-17(22-11-13)12-5-3-2-4-6-12/h2-11,20H,1H3,(H,23,24). The maximum absolute atomic E-state index is 12.5. The number of amides is 1. The van der Waals surface area contributed by atoms with Gasteiger partial charge in [0.05, 0.1) is 33.6 Å². The van der Waals surface area contributed by atoms with Crippen molar-refractivity contribution in [3.8, 4) is 11.4 Å². The third-order valence-corrected chi connectivity index (χ3v) is 5.44. The van der Waals surface area contributed by atoms with E-state index in [4.69, 9.17) is 11.6 Å². The van der Waals surface area contributed by atoms with Crippen molar-refractivity contribution in [2.45, 2.75) is 4.90 Å². The van der Waals surface area contributed by atoms with Gasteiger partial charge in [0.15, 0.2) is 5.82 Å². The molecule has 1 amide bonds. The number of hydrogen-bond acceptors (Lipinski definition) is 5. The second-order valence-electron chi connectivity index (χ2n) is 5.46. The zero-order chi connectivity index (χ0) is 19.4. The van der Waals surface area contributed by atoms with E-state index in [0.29, 0.717) is 11.5 Å². The number of aromatic nitrogens is 2. The van der Waals surface area contributed by atoms with Crippen LogP contribution in [0, 0.1) is 0 Å². The first-order chi connectivity index (χ1) is 12.9. The van der Waals surface area contributed by atoms with Crippen molar-refractivity contribution < 1.29 is 13.2 Å². The third kappa shape index (κ3) is 4.30. The van der Waals surface area contributed by atoms with Gasteiger partial charge in [0, 0.05) is 5.56 Å². The Kier molecular flexibility index (Phi) is 5.50. The van der Waals surface area contributed by atoms with Crippen LogP contribution in [0.1, 0.15) is 10.4 Å². The van der Waals surface area contributed by atoms with Crippen molar-refractivity contribution in [1.82, 2.24) is 14.7 Å². The van der Waals surface area contributed by atoms with Crippen molar-refractivity contribution >= 4 is 33.2 Å². The average Bonchev–Trinajstić information content (AvgIpc) is 2.69. The van der Waals surface area contributed by atoms with Gasteiger partial charge in [0.25, 0.3) is 5.91 Å². The molecule has 0 bridgehead atoms. The number of carbonyl (C=O) groups excluding carboxylic acids is 1. The Morgan fingerprint density at radius 1 is 1.04 bits per heavy atom. The molecule has 3 aromatic rings. The van der Waals surface area contributed by atoms with Gasteiger partial charge in [0.1, 0.15) is 0 Å². The summed E-state index contributed by atoms with van der Waals surface area (Å²) in [5.74, 6) is -0.0436. The summed E-state index contributed by atoms with van der Waals surface area (Å²) in [7, 11) is -2.41. The van der Waals surface area contributed by atoms with Crippen LogP contribution in [0.2, 0.25) is 5.02 Å². The Balaban J connectivity index is 1.82. The van der Waals surface area contributed by atoms with E-state index >= 15 is 0 Å². The molecule has 27 heavy (non-hydrogen) atoms. The average molecular weight is 403 g/mol. The minimum Gasteiger partial charge on any atom is -0.319 e. The molecule has 0 saturated heterocycles. The van der Waals surface area contributed by atoms with Crippen LogP contribution < -0.4 is 10.0 Å². The monoisotopic (exact) mass is 402 g/mol. The molecule has 2 aromatic carbocycles. The van der Waals surface area contributed by atoms with Gasteiger partial charge in [0.2, 0.25) is 10.0 Å². The molecule has 9 heteroatoms. The first-order valence-corrected chi connectivity index (χ1v) is 9.69. The summed E-state index contributed by atoms with van der Waals surface area (Å²) >= 11 is 6.05. The molecule has 0 aliphatic carbocycles. The van der Waals surface area contributed by atoms with Crippen molar-refractivity contribution in [3.63, 3.8) is 0 Å². The van der Waals surface area contributed by atoms with Gasteiger partial charge < -0.3 is 5.32 Å². The lowest BCUT2D eigenvalue weighted by Crippen LogP contribution is -2.20. The van der Waals surface area contributed by atoms with Gasteiger partial charge in [-0.2, -0.15) is 0 Å². The van der Waals surface area contributed by atoms with E-state index in [9.17, 15) is 13.2 Å². The fourth-order valence-corrected chi connectivity index (χ4v) is 3.25. The zero-order valence-corrected chi connectivity index (χ0v) is 15.8. The van der Waals surface area contributed by atoms with Crippen molar-refractivity contribution in [1.29, 1.82) is 0 Å². The van der Waals surface area contributed by atoms with E-state index in [1.807, 2.05) is 30.3 Å². The van der Waals surface area contributed by atoms with E-state index in [-0.39, 0.29) is 15.5 Å². The normalized spacial score (nSPS) is 11.2. The Bertz CT molecular complexity index is 1070. The molecule has 0 radical (unpaired) electrons. The molecule has 0 saturated carbocycles. The highest BCUT2D eigenvalue weighted by molar-refractivity contribution is 7.89. The van der Waals surface area contributed by atoms with Gasteiger partial charge in [-0.3, -0.25) is 4.79 Å². The highest BCUT2D eigenvalue weighted by atomic mass is 35.5. The van der Waals surface area contributed by atoms with E-state index in [2.05, 4.69) is 20.0 Å². The highest BCUT2D eigenvalue weighted by Crippen LogP contribution is 2.22. The fourth-order valence-electron chi connectivity index (χ4n) is 2.29. The quantitative estimate of drug-likeness (QED) is 0.683. The minimum absolute atomic E-state index is 0.0279. The topological polar surface area (TPSA) is 101 Å². The molecule has 1 heterocycles. The number of halogens is 1. The van der Waals surface area contributed by atoms with Crippen LogP contribution in [0.3, 0.4) is 0 Å². The molecule has 0 unspecified atom stereocenters. The number of benzene rings is 2. The summed E-state index contributed by atoms with van der Waals surface area (Å²) < 4.78 is 26.0. The molecular weight excluding hydrogens is 388 g/mol. The first kappa shape index (κ1) is 19.0. The lowest BCUT2D eigenvalue weighted by molar-refractivity contribution is 0.102. The minimum atomic E-state index is -3.69. The summed E-state index contributed by atoms with van der Waals surface area (Å²) in [5.41, 5.74) is 1.24. The number of rotatable bonds is 5. The Labute approximate surface area is 161 Å². The molecule has 1 aromatic heterocycles. The number of nitrogens with zero attached hydrogens (tertiary/aromatic N) is 2. The number of hydrogen-bond donors (Lipinski definition) is 2.